The molecule has 0 aliphatic carbocycles. The van der Waals surface area contributed by atoms with Crippen molar-refractivity contribution >= 4 is 20.8 Å². The average molecular weight is 428 g/mol. The summed E-state index contributed by atoms with van der Waals surface area (Å²) < 4.78 is 68.2. The zero-order valence-corrected chi connectivity index (χ0v) is 12.7. The Morgan fingerprint density at radius 2 is 0.429 bits per heavy atom. The van der Waals surface area contributed by atoms with Crippen LogP contribution in [0, 0.1) is 0 Å². The fourth-order valence-electron chi connectivity index (χ4n) is 0. The van der Waals surface area contributed by atoms with Crippen molar-refractivity contribution in [1.82, 2.24) is 6.15 Å². The van der Waals surface area contributed by atoms with Crippen LogP contribution in [0.2, 0.25) is 0 Å². The number of hydrogen-bond donors (Lipinski definition) is 1. The van der Waals surface area contributed by atoms with Gasteiger partial charge in [-0.2, -0.15) is 0 Å². The van der Waals surface area contributed by atoms with Gasteiger partial charge in [0.25, 0.3) is 0 Å². The van der Waals surface area contributed by atoms with E-state index in [1.54, 1.807) is 0 Å². The summed E-state index contributed by atoms with van der Waals surface area (Å²) in [6.07, 6.45) is 0. The standard InChI is InChI=1S/Fe.H3N.2H2O4S.9H2O/c;;2*1-5(2,3)4;;;;;;;;;/h;1H3;2*(H2,1,2,3,4);9*1H2/q+3;;;;;;;;;;;;/p-3. The van der Waals surface area contributed by atoms with Crippen molar-refractivity contribution in [3.63, 3.8) is 0 Å². The molecule has 0 atom stereocenters. The third-order valence-corrected chi connectivity index (χ3v) is 0. The Labute approximate surface area is 129 Å². The van der Waals surface area contributed by atoms with Crippen LogP contribution in [0.5, 0.6) is 0 Å². The fourth-order valence-corrected chi connectivity index (χ4v) is 0. The summed E-state index contributed by atoms with van der Waals surface area (Å²) in [5, 5.41) is 0. The monoisotopic (exact) mass is 428 g/mol. The molecule has 0 spiro atoms. The predicted octanol–water partition coefficient (Wildman–Crippen LogP) is -9.72. The Hall–Kier alpha value is -0.141. The molecule has 0 aliphatic rings. The van der Waals surface area contributed by atoms with Gasteiger partial charge in [0.1, 0.15) is 0 Å². The van der Waals surface area contributed by atoms with Crippen LogP contribution in [0.1, 0.15) is 0 Å². The van der Waals surface area contributed by atoms with Crippen LogP contribution < -0.4 is 6.15 Å². The van der Waals surface area contributed by atoms with E-state index < -0.39 is 20.8 Å². The number of quaternary nitrogens is 1. The van der Waals surface area contributed by atoms with Gasteiger partial charge in [-0.15, -0.1) is 0 Å². The molecule has 18 nitrogen and oxygen atoms in total. The van der Waals surface area contributed by atoms with Gasteiger partial charge in [0.15, 0.2) is 0 Å². The molecule has 0 aromatic carbocycles. The van der Waals surface area contributed by atoms with Crippen molar-refractivity contribution in [3.8, 4) is 0 Å². The van der Waals surface area contributed by atoms with Gasteiger partial charge in [0.05, 0.1) is 0 Å². The molecule has 22 N–H and O–H groups in total. The molecule has 21 heteroatoms. The Morgan fingerprint density at radius 1 is 0.429 bits per heavy atom. The molecule has 0 heterocycles. The van der Waals surface area contributed by atoms with Crippen molar-refractivity contribution in [2.75, 3.05) is 0 Å². The van der Waals surface area contributed by atoms with Gasteiger partial charge in [-0.05, 0) is 0 Å². The average Bonchev–Trinajstić information content (AvgIpc) is 1.12. The molecular formula is H22FeNO17S2. The summed E-state index contributed by atoms with van der Waals surface area (Å²) in [4.78, 5) is 0. The molecule has 0 amide bonds. The quantitative estimate of drug-likeness (QED) is 0.218. The predicted molar refractivity (Wildman–Crippen MR) is 59.5 cm³/mol. The van der Waals surface area contributed by atoms with Gasteiger partial charge in [0.2, 0.25) is 0 Å². The minimum absolute atomic E-state index is 0. The summed E-state index contributed by atoms with van der Waals surface area (Å²) >= 11 is 0. The Morgan fingerprint density at radius 3 is 0.429 bits per heavy atom. The summed E-state index contributed by atoms with van der Waals surface area (Å²) in [6.45, 7) is 0. The van der Waals surface area contributed by atoms with Crippen molar-refractivity contribution < 1.29 is 101 Å². The van der Waals surface area contributed by atoms with Crippen molar-refractivity contribution in [1.29, 1.82) is 0 Å². The molecule has 21 heavy (non-hydrogen) atoms. The second-order valence-corrected chi connectivity index (χ2v) is 2.45. The molecule has 0 aromatic heterocycles. The van der Waals surface area contributed by atoms with Crippen LogP contribution >= 0.6 is 0 Å². The van der Waals surface area contributed by atoms with Crippen LogP contribution in [-0.4, -0.2) is 84.3 Å². The number of hydrogen-bond acceptors (Lipinski definition) is 8. The van der Waals surface area contributed by atoms with Gasteiger partial charge in [-0.1, -0.05) is 0 Å². The molecule has 0 unspecified atom stereocenters. The Bertz CT molecular complexity index is 217. The van der Waals surface area contributed by atoms with E-state index in [1.807, 2.05) is 0 Å². The summed E-state index contributed by atoms with van der Waals surface area (Å²) in [6, 6.07) is 0. The first-order valence-corrected chi connectivity index (χ1v) is 4.00. The molecular weight excluding hydrogens is 406 g/mol. The maximum Gasteiger partial charge on any atom is 3.00 e. The second kappa shape index (κ2) is 50.2. The molecule has 1 radical (unpaired) electrons. The van der Waals surface area contributed by atoms with E-state index in [-0.39, 0.29) is 72.5 Å². The molecule has 0 aromatic rings. The molecule has 0 aliphatic heterocycles. The van der Waals surface area contributed by atoms with Gasteiger partial charge >= 0.3 is 17.1 Å². The zero-order chi connectivity index (χ0) is 9.00. The van der Waals surface area contributed by atoms with E-state index in [9.17, 15) is 0 Å². The first kappa shape index (κ1) is 133. The third-order valence-electron chi connectivity index (χ3n) is 0. The Kier molecular flexibility index (Phi) is 319. The van der Waals surface area contributed by atoms with Crippen LogP contribution in [0.25, 0.3) is 0 Å². The van der Waals surface area contributed by atoms with Crippen molar-refractivity contribution in [2.24, 2.45) is 0 Å². The van der Waals surface area contributed by atoms with E-state index in [1.165, 1.54) is 0 Å². The van der Waals surface area contributed by atoms with Crippen molar-refractivity contribution in [2.45, 2.75) is 0 Å². The smallest absolute Gasteiger partial charge is 0.759 e. The molecule has 0 fully saturated rings. The maximum absolute atomic E-state index is 8.52. The first-order chi connectivity index (χ1) is 4.00. The first-order valence-electron chi connectivity index (χ1n) is 1.33. The van der Waals surface area contributed by atoms with Crippen LogP contribution in [0.4, 0.5) is 0 Å². The molecule has 0 rings (SSSR count). The Balaban J connectivity index is -0.00000000364. The van der Waals surface area contributed by atoms with E-state index in [4.69, 9.17) is 35.0 Å². The third kappa shape index (κ3) is 321000. The van der Waals surface area contributed by atoms with E-state index in [2.05, 4.69) is 0 Å². The maximum atomic E-state index is 8.52. The minimum atomic E-state index is -5.17. The van der Waals surface area contributed by atoms with E-state index >= 15 is 0 Å². The molecule has 149 valence electrons. The van der Waals surface area contributed by atoms with Crippen LogP contribution in [0.15, 0.2) is 0 Å². The summed E-state index contributed by atoms with van der Waals surface area (Å²) in [5.41, 5.74) is 0. The normalized spacial score (nSPS) is 5.52. The molecule has 0 saturated carbocycles. The van der Waals surface area contributed by atoms with Crippen molar-refractivity contribution in [3.05, 3.63) is 0 Å². The SMILES string of the molecule is O.O.O.O.O.O.O.O.O.O=S(=O)([O-])[O-].O=S(=O)([O-])[O-].[Fe+3].[NH4+]. The van der Waals surface area contributed by atoms with Gasteiger partial charge in [-0.3, -0.25) is 16.8 Å². The largest absolute Gasteiger partial charge is 3.00 e. The van der Waals surface area contributed by atoms with Gasteiger partial charge < -0.3 is 73.6 Å². The van der Waals surface area contributed by atoms with Crippen LogP contribution in [0.3, 0.4) is 0 Å². The van der Waals surface area contributed by atoms with E-state index in [0.717, 1.165) is 0 Å². The summed E-state index contributed by atoms with van der Waals surface area (Å²) in [5.74, 6) is 0. The zero-order valence-electron chi connectivity index (χ0n) is 9.94. The molecule has 0 bridgehead atoms. The minimum Gasteiger partial charge on any atom is -0.759 e. The van der Waals surface area contributed by atoms with E-state index in [0.29, 0.717) is 0 Å². The van der Waals surface area contributed by atoms with Gasteiger partial charge in [0, 0.05) is 20.8 Å². The fraction of sp³-hybridized carbons (Fsp3) is 0. The van der Waals surface area contributed by atoms with Crippen LogP contribution in [-0.2, 0) is 37.9 Å². The molecule has 0 saturated heterocycles. The second-order valence-electron chi connectivity index (χ2n) is 0.816. The summed E-state index contributed by atoms with van der Waals surface area (Å²) in [7, 11) is -10.3. The van der Waals surface area contributed by atoms with Gasteiger partial charge in [-0.25, -0.2) is 0 Å². The topological polar surface area (TPSA) is 481 Å². The number of rotatable bonds is 0.